The summed E-state index contributed by atoms with van der Waals surface area (Å²) in [7, 11) is 0. The number of amides is 1. The van der Waals surface area contributed by atoms with Crippen LogP contribution in [0, 0.1) is 0 Å². The van der Waals surface area contributed by atoms with Gasteiger partial charge >= 0.3 is 0 Å². The van der Waals surface area contributed by atoms with Crippen LogP contribution in [-0.2, 0) is 9.63 Å². The Morgan fingerprint density at radius 3 is 3.25 bits per heavy atom. The molecule has 0 aromatic carbocycles. The standard InChI is InChI=1S/C7H10N2O3/c10-6-8-12-5-7-1-3-9(11)4-2-7/h1-3,6,11H,4-5H2,(H,8,10). The molecule has 0 aromatic rings. The van der Waals surface area contributed by atoms with Gasteiger partial charge in [0.2, 0.25) is 6.41 Å². The van der Waals surface area contributed by atoms with Gasteiger partial charge in [-0.05, 0) is 11.6 Å². The average molecular weight is 170 g/mol. The van der Waals surface area contributed by atoms with Gasteiger partial charge in [0.25, 0.3) is 0 Å². The predicted molar refractivity (Wildman–Crippen MR) is 40.9 cm³/mol. The van der Waals surface area contributed by atoms with E-state index in [1.54, 1.807) is 12.2 Å². The van der Waals surface area contributed by atoms with Crippen LogP contribution >= 0.6 is 0 Å². The molecule has 1 rings (SSSR count). The Morgan fingerprint density at radius 2 is 2.67 bits per heavy atom. The predicted octanol–water partition coefficient (Wildman–Crippen LogP) is -0.191. The number of hydroxylamine groups is 3. The Kier molecular flexibility index (Phi) is 3.31. The number of carbonyl (C=O) groups excluding carboxylic acids is 1. The molecule has 0 unspecified atom stereocenters. The molecule has 2 N–H and O–H groups in total. The van der Waals surface area contributed by atoms with Crippen LogP contribution in [0.1, 0.15) is 0 Å². The van der Waals surface area contributed by atoms with Gasteiger partial charge < -0.3 is 0 Å². The Bertz CT molecular complexity index is 213. The first-order valence-electron chi connectivity index (χ1n) is 3.46. The molecule has 1 heterocycles. The zero-order valence-corrected chi connectivity index (χ0v) is 6.43. The van der Waals surface area contributed by atoms with E-state index < -0.39 is 0 Å². The summed E-state index contributed by atoms with van der Waals surface area (Å²) in [5.41, 5.74) is 2.99. The summed E-state index contributed by atoms with van der Waals surface area (Å²) >= 11 is 0. The second kappa shape index (κ2) is 4.53. The molecule has 1 amide bonds. The number of hydrogen-bond donors (Lipinski definition) is 2. The molecule has 0 aliphatic carbocycles. The average Bonchev–Trinajstić information content (AvgIpc) is 2.09. The number of nitrogens with zero attached hydrogens (tertiary/aromatic N) is 1. The van der Waals surface area contributed by atoms with E-state index in [0.29, 0.717) is 19.6 Å². The van der Waals surface area contributed by atoms with Gasteiger partial charge in [0.05, 0.1) is 13.2 Å². The third kappa shape index (κ3) is 2.73. The monoisotopic (exact) mass is 170 g/mol. The second-order valence-electron chi connectivity index (χ2n) is 2.24. The first-order valence-corrected chi connectivity index (χ1v) is 3.46. The number of rotatable bonds is 4. The van der Waals surface area contributed by atoms with Gasteiger partial charge in [0, 0.05) is 6.20 Å². The van der Waals surface area contributed by atoms with Gasteiger partial charge in [0.1, 0.15) is 0 Å². The maximum absolute atomic E-state index is 9.78. The summed E-state index contributed by atoms with van der Waals surface area (Å²) in [6.45, 7) is 0.749. The smallest absolute Gasteiger partial charge is 0.230 e. The molecule has 5 nitrogen and oxygen atoms in total. The maximum atomic E-state index is 9.78. The minimum Gasteiger partial charge on any atom is -0.289 e. The van der Waals surface area contributed by atoms with Crippen LogP contribution in [0.3, 0.4) is 0 Å². The molecule has 0 radical (unpaired) electrons. The molecule has 0 atom stereocenters. The molecule has 12 heavy (non-hydrogen) atoms. The van der Waals surface area contributed by atoms with E-state index in [0.717, 1.165) is 10.6 Å². The van der Waals surface area contributed by atoms with E-state index in [1.807, 2.05) is 0 Å². The number of nitrogens with one attached hydrogen (secondary N) is 1. The van der Waals surface area contributed by atoms with Crippen molar-refractivity contribution in [3.8, 4) is 0 Å². The van der Waals surface area contributed by atoms with Gasteiger partial charge in [-0.3, -0.25) is 19.9 Å². The molecule has 0 spiro atoms. The van der Waals surface area contributed by atoms with Crippen molar-refractivity contribution in [3.63, 3.8) is 0 Å². The maximum Gasteiger partial charge on any atom is 0.230 e. The van der Waals surface area contributed by atoms with Crippen molar-refractivity contribution < 1.29 is 14.8 Å². The molecule has 5 heteroatoms. The van der Waals surface area contributed by atoms with Crippen molar-refractivity contribution in [1.82, 2.24) is 10.5 Å². The van der Waals surface area contributed by atoms with Crippen LogP contribution < -0.4 is 5.48 Å². The zero-order chi connectivity index (χ0) is 8.81. The van der Waals surface area contributed by atoms with Crippen LogP contribution in [0.2, 0.25) is 0 Å². The Labute approximate surface area is 69.8 Å². The van der Waals surface area contributed by atoms with Crippen LogP contribution in [0.5, 0.6) is 0 Å². The van der Waals surface area contributed by atoms with E-state index in [1.165, 1.54) is 6.20 Å². The highest BCUT2D eigenvalue weighted by Crippen LogP contribution is 2.04. The summed E-state index contributed by atoms with van der Waals surface area (Å²) in [6.07, 6.45) is 5.49. The Morgan fingerprint density at radius 1 is 1.83 bits per heavy atom. The summed E-state index contributed by atoms with van der Waals surface area (Å²) in [5, 5.41) is 9.94. The third-order valence-corrected chi connectivity index (χ3v) is 1.37. The molecule has 0 saturated heterocycles. The minimum atomic E-state index is 0.309. The topological polar surface area (TPSA) is 61.8 Å². The minimum absolute atomic E-state index is 0.309. The highest BCUT2D eigenvalue weighted by atomic mass is 16.6. The number of carbonyl (C=O) groups is 1. The van der Waals surface area contributed by atoms with Crippen LogP contribution in [-0.4, -0.2) is 29.8 Å². The molecule has 0 fully saturated rings. The largest absolute Gasteiger partial charge is 0.289 e. The lowest BCUT2D eigenvalue weighted by Crippen LogP contribution is -2.18. The van der Waals surface area contributed by atoms with Gasteiger partial charge in [-0.1, -0.05) is 6.08 Å². The lowest BCUT2D eigenvalue weighted by Gasteiger charge is -2.14. The summed E-state index contributed by atoms with van der Waals surface area (Å²) in [5.74, 6) is 0. The molecule has 66 valence electrons. The molecule has 0 saturated carbocycles. The summed E-state index contributed by atoms with van der Waals surface area (Å²) < 4.78 is 0. The van der Waals surface area contributed by atoms with Gasteiger partial charge in [-0.25, -0.2) is 5.48 Å². The van der Waals surface area contributed by atoms with Crippen molar-refractivity contribution in [1.29, 1.82) is 0 Å². The van der Waals surface area contributed by atoms with Gasteiger partial charge in [-0.15, -0.1) is 0 Å². The molecular weight excluding hydrogens is 160 g/mol. The molecular formula is C7H10N2O3. The number of hydrogen-bond acceptors (Lipinski definition) is 4. The zero-order valence-electron chi connectivity index (χ0n) is 6.43. The van der Waals surface area contributed by atoms with E-state index in [9.17, 15) is 4.79 Å². The Hall–Kier alpha value is -1.33. The van der Waals surface area contributed by atoms with E-state index >= 15 is 0 Å². The lowest BCUT2D eigenvalue weighted by molar-refractivity contribution is -0.119. The highest BCUT2D eigenvalue weighted by Gasteiger charge is 2.00. The molecule has 1 aliphatic rings. The summed E-state index contributed by atoms with van der Waals surface area (Å²) in [4.78, 5) is 14.5. The Balaban J connectivity index is 2.25. The fourth-order valence-corrected chi connectivity index (χ4v) is 0.788. The fourth-order valence-electron chi connectivity index (χ4n) is 0.788. The quantitative estimate of drug-likeness (QED) is 0.349. The normalized spacial score (nSPS) is 15.8. The molecule has 0 aromatic heterocycles. The fraction of sp³-hybridized carbons (Fsp3) is 0.286. The van der Waals surface area contributed by atoms with Crippen molar-refractivity contribution in [2.45, 2.75) is 0 Å². The first kappa shape index (κ1) is 8.76. The van der Waals surface area contributed by atoms with Gasteiger partial charge in [-0.2, -0.15) is 0 Å². The lowest BCUT2D eigenvalue weighted by atomic mass is 10.2. The molecule has 0 bridgehead atoms. The van der Waals surface area contributed by atoms with Crippen LogP contribution in [0.25, 0.3) is 0 Å². The van der Waals surface area contributed by atoms with Crippen LogP contribution in [0.15, 0.2) is 23.9 Å². The van der Waals surface area contributed by atoms with E-state index in [4.69, 9.17) is 10.0 Å². The van der Waals surface area contributed by atoms with Gasteiger partial charge in [0.15, 0.2) is 0 Å². The van der Waals surface area contributed by atoms with Crippen molar-refractivity contribution in [2.75, 3.05) is 13.2 Å². The third-order valence-electron chi connectivity index (χ3n) is 1.37. The van der Waals surface area contributed by atoms with Crippen molar-refractivity contribution in [2.24, 2.45) is 0 Å². The van der Waals surface area contributed by atoms with E-state index in [-0.39, 0.29) is 0 Å². The summed E-state index contributed by atoms with van der Waals surface area (Å²) in [6, 6.07) is 0. The SMILES string of the molecule is O=CNOCC1=CCN(O)C=C1. The highest BCUT2D eigenvalue weighted by molar-refractivity contribution is 5.43. The van der Waals surface area contributed by atoms with Crippen molar-refractivity contribution in [3.05, 3.63) is 23.9 Å². The van der Waals surface area contributed by atoms with Crippen molar-refractivity contribution >= 4 is 6.41 Å². The molecule has 1 aliphatic heterocycles. The van der Waals surface area contributed by atoms with Crippen LogP contribution in [0.4, 0.5) is 0 Å². The van der Waals surface area contributed by atoms with E-state index in [2.05, 4.69) is 5.48 Å². The second-order valence-corrected chi connectivity index (χ2v) is 2.24. The first-order chi connectivity index (χ1) is 5.83.